The van der Waals surface area contributed by atoms with Crippen molar-refractivity contribution in [3.8, 4) is 11.5 Å². The quantitative estimate of drug-likeness (QED) is 0.640. The summed E-state index contributed by atoms with van der Waals surface area (Å²) in [5.74, 6) is 1.42. The summed E-state index contributed by atoms with van der Waals surface area (Å²) in [5.41, 5.74) is 9.34. The molecule has 0 unspecified atom stereocenters. The smallest absolute Gasteiger partial charge is 0.254 e. The van der Waals surface area contributed by atoms with Gasteiger partial charge in [0.15, 0.2) is 11.5 Å². The molecule has 2 atom stereocenters. The van der Waals surface area contributed by atoms with E-state index >= 15 is 0 Å². The Morgan fingerprint density at radius 2 is 1.56 bits per heavy atom. The summed E-state index contributed by atoms with van der Waals surface area (Å²) in [4.78, 5) is 15.2. The number of carbonyl (C=O) groups is 1. The van der Waals surface area contributed by atoms with Gasteiger partial charge in [0.2, 0.25) is 6.79 Å². The third-order valence-electron chi connectivity index (χ3n) is 5.76. The van der Waals surface area contributed by atoms with Crippen LogP contribution in [0.15, 0.2) is 72.8 Å². The Balaban J connectivity index is 0.00000245. The Morgan fingerprint density at radius 1 is 0.875 bits per heavy atom. The lowest BCUT2D eigenvalue weighted by molar-refractivity contribution is -0.0797. The van der Waals surface area contributed by atoms with Crippen LogP contribution in [0.5, 0.6) is 11.5 Å². The number of rotatable bonds is 4. The van der Waals surface area contributed by atoms with Crippen LogP contribution in [0.3, 0.4) is 0 Å². The number of amides is 1. The zero-order valence-electron chi connectivity index (χ0n) is 17.5. The summed E-state index contributed by atoms with van der Waals surface area (Å²) >= 11 is 0. The highest BCUT2D eigenvalue weighted by atomic mass is 35.5. The number of halogens is 1. The zero-order valence-corrected chi connectivity index (χ0v) is 18.3. The molecule has 0 spiro atoms. The Morgan fingerprint density at radius 3 is 2.28 bits per heavy atom. The predicted octanol–water partition coefficient (Wildman–Crippen LogP) is 4.25. The van der Waals surface area contributed by atoms with Crippen LogP contribution in [0.4, 0.5) is 0 Å². The van der Waals surface area contributed by atoms with E-state index < -0.39 is 0 Å². The fraction of sp³-hybridized carbons (Fsp3) is 0.240. The molecule has 0 bridgehead atoms. The van der Waals surface area contributed by atoms with Crippen molar-refractivity contribution in [3.05, 3.63) is 95.1 Å². The van der Waals surface area contributed by atoms with Gasteiger partial charge in [0, 0.05) is 12.1 Å². The molecule has 3 aromatic rings. The first-order valence-electron chi connectivity index (χ1n) is 10.4. The van der Waals surface area contributed by atoms with Gasteiger partial charge < -0.3 is 24.8 Å². The van der Waals surface area contributed by atoms with Gasteiger partial charge in [-0.25, -0.2) is 0 Å². The standard InChI is InChI=1S/C25H24N2O4.ClH/c26-13-17-6-8-19(9-7-17)25(28)27-14-23(18-4-2-1-3-5-18)31-24(15-27)20-10-11-21-22(12-20)30-16-29-21;/h1-12,23-24H,13-16,26H2;1H/t23-,24+;/m0./s1. The first kappa shape index (κ1) is 22.1. The van der Waals surface area contributed by atoms with Crippen LogP contribution < -0.4 is 15.2 Å². The molecule has 1 saturated heterocycles. The predicted molar refractivity (Wildman–Crippen MR) is 123 cm³/mol. The number of hydrogen-bond donors (Lipinski definition) is 1. The van der Waals surface area contributed by atoms with Gasteiger partial charge in [0.05, 0.1) is 13.1 Å². The van der Waals surface area contributed by atoms with Gasteiger partial charge in [-0.05, 0) is 41.0 Å². The number of ether oxygens (including phenoxy) is 3. The molecule has 6 nitrogen and oxygen atoms in total. The molecule has 2 aliphatic heterocycles. The second-order valence-corrected chi connectivity index (χ2v) is 7.75. The highest BCUT2D eigenvalue weighted by Gasteiger charge is 2.33. The highest BCUT2D eigenvalue weighted by molar-refractivity contribution is 5.94. The van der Waals surface area contributed by atoms with E-state index in [0.717, 1.165) is 22.4 Å². The molecule has 7 heteroatoms. The van der Waals surface area contributed by atoms with Crippen LogP contribution in [0.1, 0.15) is 39.3 Å². The summed E-state index contributed by atoms with van der Waals surface area (Å²) < 4.78 is 17.4. The second-order valence-electron chi connectivity index (χ2n) is 7.75. The highest BCUT2D eigenvalue weighted by Crippen LogP contribution is 2.38. The van der Waals surface area contributed by atoms with Crippen molar-refractivity contribution in [1.82, 2.24) is 4.90 Å². The lowest BCUT2D eigenvalue weighted by Gasteiger charge is -2.38. The van der Waals surface area contributed by atoms with Crippen molar-refractivity contribution in [3.63, 3.8) is 0 Å². The number of carbonyl (C=O) groups excluding carboxylic acids is 1. The largest absolute Gasteiger partial charge is 0.454 e. The Bertz CT molecular complexity index is 1080. The lowest BCUT2D eigenvalue weighted by Crippen LogP contribution is -2.43. The van der Waals surface area contributed by atoms with Gasteiger partial charge in [-0.2, -0.15) is 0 Å². The number of benzene rings is 3. The zero-order chi connectivity index (χ0) is 21.2. The average Bonchev–Trinajstić information content (AvgIpc) is 3.32. The van der Waals surface area contributed by atoms with Gasteiger partial charge in [-0.15, -0.1) is 12.4 Å². The molecular formula is C25H25ClN2O4. The minimum Gasteiger partial charge on any atom is -0.454 e. The first-order chi connectivity index (χ1) is 15.2. The molecule has 2 aliphatic rings. The van der Waals surface area contributed by atoms with Crippen molar-refractivity contribution < 1.29 is 19.0 Å². The number of nitrogens with two attached hydrogens (primary N) is 1. The average molecular weight is 453 g/mol. The fourth-order valence-electron chi connectivity index (χ4n) is 4.04. The van der Waals surface area contributed by atoms with Crippen molar-refractivity contribution in [2.45, 2.75) is 18.8 Å². The topological polar surface area (TPSA) is 74.0 Å². The van der Waals surface area contributed by atoms with Gasteiger partial charge in [-0.3, -0.25) is 4.79 Å². The summed E-state index contributed by atoms with van der Waals surface area (Å²) in [5, 5.41) is 0. The second kappa shape index (κ2) is 9.61. The first-order valence-corrected chi connectivity index (χ1v) is 10.4. The molecule has 0 aromatic heterocycles. The Hall–Kier alpha value is -3.06. The molecule has 1 amide bonds. The summed E-state index contributed by atoms with van der Waals surface area (Å²) in [6.07, 6.45) is -0.502. The lowest BCUT2D eigenvalue weighted by atomic mass is 10.0. The molecule has 5 rings (SSSR count). The SMILES string of the molecule is Cl.NCc1ccc(C(=O)N2C[C@@H](c3ccccc3)O[C@@H](c3ccc4c(c3)OCO4)C2)cc1. The van der Waals surface area contributed by atoms with Crippen LogP contribution in [0, 0.1) is 0 Å². The maximum absolute atomic E-state index is 13.3. The molecule has 0 saturated carbocycles. The third-order valence-corrected chi connectivity index (χ3v) is 5.76. The van der Waals surface area contributed by atoms with Crippen LogP contribution in [0.2, 0.25) is 0 Å². The van der Waals surface area contributed by atoms with E-state index in [0.29, 0.717) is 30.9 Å². The van der Waals surface area contributed by atoms with E-state index in [1.165, 1.54) is 0 Å². The molecular weight excluding hydrogens is 428 g/mol. The maximum Gasteiger partial charge on any atom is 0.254 e. The number of hydrogen-bond acceptors (Lipinski definition) is 5. The van der Waals surface area contributed by atoms with E-state index in [1.807, 2.05) is 77.7 Å². The van der Waals surface area contributed by atoms with E-state index in [-0.39, 0.29) is 37.3 Å². The van der Waals surface area contributed by atoms with Gasteiger partial charge >= 0.3 is 0 Å². The normalized spacial score (nSPS) is 19.3. The molecule has 2 heterocycles. The van der Waals surface area contributed by atoms with E-state index in [4.69, 9.17) is 19.9 Å². The fourth-order valence-corrected chi connectivity index (χ4v) is 4.04. The molecule has 2 N–H and O–H groups in total. The Labute approximate surface area is 193 Å². The van der Waals surface area contributed by atoms with Crippen LogP contribution in [-0.2, 0) is 11.3 Å². The molecule has 166 valence electrons. The summed E-state index contributed by atoms with van der Waals surface area (Å²) in [6.45, 7) is 1.62. The van der Waals surface area contributed by atoms with E-state index in [1.54, 1.807) is 0 Å². The third kappa shape index (κ3) is 4.43. The van der Waals surface area contributed by atoms with Crippen LogP contribution >= 0.6 is 12.4 Å². The van der Waals surface area contributed by atoms with Crippen LogP contribution in [-0.4, -0.2) is 30.7 Å². The van der Waals surface area contributed by atoms with Crippen LogP contribution in [0.25, 0.3) is 0 Å². The molecule has 32 heavy (non-hydrogen) atoms. The molecule has 3 aromatic carbocycles. The van der Waals surface area contributed by atoms with E-state index in [2.05, 4.69) is 0 Å². The van der Waals surface area contributed by atoms with Crippen molar-refractivity contribution in [1.29, 1.82) is 0 Å². The van der Waals surface area contributed by atoms with Gasteiger partial charge in [0.25, 0.3) is 5.91 Å². The molecule has 1 fully saturated rings. The number of morpholine rings is 1. The summed E-state index contributed by atoms with van der Waals surface area (Å²) in [7, 11) is 0. The Kier molecular flexibility index (Phi) is 6.65. The maximum atomic E-state index is 13.3. The van der Waals surface area contributed by atoms with E-state index in [9.17, 15) is 4.79 Å². The molecule has 0 radical (unpaired) electrons. The summed E-state index contributed by atoms with van der Waals surface area (Å²) in [6, 6.07) is 23.3. The van der Waals surface area contributed by atoms with Crippen molar-refractivity contribution in [2.75, 3.05) is 19.9 Å². The van der Waals surface area contributed by atoms with Gasteiger partial charge in [-0.1, -0.05) is 48.5 Å². The van der Waals surface area contributed by atoms with Gasteiger partial charge in [0.1, 0.15) is 12.2 Å². The minimum atomic E-state index is -0.277. The van der Waals surface area contributed by atoms with Crippen molar-refractivity contribution in [2.24, 2.45) is 5.73 Å². The van der Waals surface area contributed by atoms with Crippen molar-refractivity contribution >= 4 is 18.3 Å². The number of fused-ring (bicyclic) bond motifs is 1. The monoisotopic (exact) mass is 452 g/mol. The molecule has 0 aliphatic carbocycles. The minimum absolute atomic E-state index is 0. The number of nitrogens with zero attached hydrogens (tertiary/aromatic N) is 1.